The summed E-state index contributed by atoms with van der Waals surface area (Å²) in [5, 5.41) is 9.11. The van der Waals surface area contributed by atoms with Gasteiger partial charge in [0, 0.05) is 6.54 Å². The predicted octanol–water partition coefficient (Wildman–Crippen LogP) is 2.75. The van der Waals surface area contributed by atoms with Gasteiger partial charge < -0.3 is 4.90 Å². The van der Waals surface area contributed by atoms with Crippen LogP contribution in [-0.4, -0.2) is 23.4 Å². The van der Waals surface area contributed by atoms with Crippen molar-refractivity contribution in [3.8, 4) is 6.07 Å². The summed E-state index contributed by atoms with van der Waals surface area (Å²) in [6, 6.07) is 8.14. The van der Waals surface area contributed by atoms with Gasteiger partial charge in [-0.1, -0.05) is 18.2 Å². The van der Waals surface area contributed by atoms with Crippen LogP contribution in [0.2, 0.25) is 0 Å². The molecular formula is C16H20N2O. The number of hydrogen-bond acceptors (Lipinski definition) is 2. The number of nitriles is 1. The van der Waals surface area contributed by atoms with Crippen molar-refractivity contribution >= 4 is 5.91 Å². The number of rotatable bonds is 2. The average Bonchev–Trinajstić information content (AvgIpc) is 2.43. The number of piperidine rings is 1. The summed E-state index contributed by atoms with van der Waals surface area (Å²) in [5.74, 6) is 0.0782. The molecule has 1 amide bonds. The molecule has 0 N–H and O–H groups in total. The Hall–Kier alpha value is -1.82. The molecule has 0 bridgehead atoms. The van der Waals surface area contributed by atoms with E-state index in [9.17, 15) is 4.79 Å². The molecule has 2 rings (SSSR count). The quantitative estimate of drug-likeness (QED) is 0.816. The van der Waals surface area contributed by atoms with Crippen molar-refractivity contribution in [2.75, 3.05) is 6.54 Å². The zero-order valence-electron chi connectivity index (χ0n) is 11.6. The fourth-order valence-electron chi connectivity index (χ4n) is 2.55. The van der Waals surface area contributed by atoms with Crippen molar-refractivity contribution in [2.45, 2.75) is 45.6 Å². The minimum atomic E-state index is -0.229. The molecule has 1 aromatic rings. The van der Waals surface area contributed by atoms with Crippen LogP contribution < -0.4 is 0 Å². The highest BCUT2D eigenvalue weighted by Gasteiger charge is 2.26. The average molecular weight is 256 g/mol. The largest absolute Gasteiger partial charge is 0.326 e. The SMILES string of the molecule is Cc1ccc(CC(=O)N2CCCCC2C#N)cc1C. The molecule has 1 heterocycles. The Kier molecular flexibility index (Phi) is 4.21. The van der Waals surface area contributed by atoms with Gasteiger partial charge in [0.15, 0.2) is 0 Å². The highest BCUT2D eigenvalue weighted by molar-refractivity contribution is 5.79. The molecule has 1 unspecified atom stereocenters. The first kappa shape index (κ1) is 13.6. The molecule has 0 saturated carbocycles. The number of amides is 1. The maximum atomic E-state index is 12.3. The van der Waals surface area contributed by atoms with E-state index < -0.39 is 0 Å². The van der Waals surface area contributed by atoms with Crippen LogP contribution in [0.25, 0.3) is 0 Å². The lowest BCUT2D eigenvalue weighted by Gasteiger charge is -2.31. The van der Waals surface area contributed by atoms with E-state index in [0.29, 0.717) is 6.42 Å². The van der Waals surface area contributed by atoms with Crippen molar-refractivity contribution in [1.82, 2.24) is 4.90 Å². The van der Waals surface area contributed by atoms with Gasteiger partial charge in [0.2, 0.25) is 5.91 Å². The topological polar surface area (TPSA) is 44.1 Å². The van der Waals surface area contributed by atoms with Gasteiger partial charge in [-0.3, -0.25) is 4.79 Å². The molecule has 100 valence electrons. The Morgan fingerprint density at radius 2 is 2.16 bits per heavy atom. The molecule has 3 nitrogen and oxygen atoms in total. The van der Waals surface area contributed by atoms with Crippen molar-refractivity contribution in [2.24, 2.45) is 0 Å². The van der Waals surface area contributed by atoms with E-state index in [4.69, 9.17) is 5.26 Å². The Labute approximate surface area is 114 Å². The monoisotopic (exact) mass is 256 g/mol. The summed E-state index contributed by atoms with van der Waals surface area (Å²) in [7, 11) is 0. The van der Waals surface area contributed by atoms with Gasteiger partial charge in [0.05, 0.1) is 12.5 Å². The van der Waals surface area contributed by atoms with Crippen LogP contribution in [0, 0.1) is 25.2 Å². The minimum Gasteiger partial charge on any atom is -0.326 e. The van der Waals surface area contributed by atoms with E-state index >= 15 is 0 Å². The first-order valence-corrected chi connectivity index (χ1v) is 6.87. The number of benzene rings is 1. The number of nitrogens with zero attached hydrogens (tertiary/aromatic N) is 2. The van der Waals surface area contributed by atoms with Gasteiger partial charge in [-0.05, 0) is 49.8 Å². The van der Waals surface area contributed by atoms with E-state index in [1.54, 1.807) is 4.90 Å². The number of likely N-dealkylation sites (tertiary alicyclic amines) is 1. The fourth-order valence-corrected chi connectivity index (χ4v) is 2.55. The Morgan fingerprint density at radius 3 is 2.84 bits per heavy atom. The van der Waals surface area contributed by atoms with Crippen molar-refractivity contribution in [3.05, 3.63) is 34.9 Å². The fraction of sp³-hybridized carbons (Fsp3) is 0.500. The summed E-state index contributed by atoms with van der Waals surface area (Å²) in [4.78, 5) is 14.1. The minimum absolute atomic E-state index is 0.0782. The first-order valence-electron chi connectivity index (χ1n) is 6.87. The van der Waals surface area contributed by atoms with E-state index in [-0.39, 0.29) is 11.9 Å². The molecule has 0 aliphatic carbocycles. The molecule has 1 atom stereocenters. The first-order chi connectivity index (χ1) is 9.11. The molecule has 0 spiro atoms. The second-order valence-electron chi connectivity index (χ2n) is 5.32. The van der Waals surface area contributed by atoms with Gasteiger partial charge in [0.25, 0.3) is 0 Å². The van der Waals surface area contributed by atoms with Gasteiger partial charge in [-0.2, -0.15) is 5.26 Å². The van der Waals surface area contributed by atoms with Crippen LogP contribution >= 0.6 is 0 Å². The Morgan fingerprint density at radius 1 is 1.37 bits per heavy atom. The number of carbonyl (C=O) groups is 1. The number of aryl methyl sites for hydroxylation is 2. The van der Waals surface area contributed by atoms with E-state index in [1.807, 2.05) is 6.07 Å². The molecule has 0 radical (unpaired) electrons. The lowest BCUT2D eigenvalue weighted by Crippen LogP contribution is -2.43. The third-order valence-corrected chi connectivity index (χ3v) is 3.90. The normalized spacial score (nSPS) is 19.0. The second kappa shape index (κ2) is 5.88. The summed E-state index contributed by atoms with van der Waals surface area (Å²) < 4.78 is 0. The van der Waals surface area contributed by atoms with Crippen molar-refractivity contribution < 1.29 is 4.79 Å². The standard InChI is InChI=1S/C16H20N2O/c1-12-6-7-14(9-13(12)2)10-16(19)18-8-4-3-5-15(18)11-17/h6-7,9,15H,3-5,8,10H2,1-2H3. The lowest BCUT2D eigenvalue weighted by molar-refractivity contribution is -0.132. The van der Waals surface area contributed by atoms with Gasteiger partial charge in [-0.25, -0.2) is 0 Å². The molecule has 1 aromatic carbocycles. The van der Waals surface area contributed by atoms with Gasteiger partial charge in [0.1, 0.15) is 6.04 Å². The van der Waals surface area contributed by atoms with Crippen LogP contribution in [-0.2, 0) is 11.2 Å². The lowest BCUT2D eigenvalue weighted by atomic mass is 10.0. The van der Waals surface area contributed by atoms with Crippen LogP contribution in [0.4, 0.5) is 0 Å². The summed E-state index contributed by atoms with van der Waals surface area (Å²) in [6.07, 6.45) is 3.27. The smallest absolute Gasteiger partial charge is 0.228 e. The maximum Gasteiger partial charge on any atom is 0.228 e. The van der Waals surface area contributed by atoms with Gasteiger partial charge >= 0.3 is 0 Å². The van der Waals surface area contributed by atoms with E-state index in [2.05, 4.69) is 32.0 Å². The Bertz CT molecular complexity index is 516. The maximum absolute atomic E-state index is 12.3. The highest BCUT2D eigenvalue weighted by atomic mass is 16.2. The molecule has 1 fully saturated rings. The van der Waals surface area contributed by atoms with Crippen LogP contribution in [0.5, 0.6) is 0 Å². The number of hydrogen-bond donors (Lipinski definition) is 0. The third kappa shape index (κ3) is 3.14. The third-order valence-electron chi connectivity index (χ3n) is 3.90. The molecule has 1 saturated heterocycles. The van der Waals surface area contributed by atoms with E-state index in [1.165, 1.54) is 11.1 Å². The van der Waals surface area contributed by atoms with E-state index in [0.717, 1.165) is 31.4 Å². The van der Waals surface area contributed by atoms with Crippen LogP contribution in [0.3, 0.4) is 0 Å². The molecule has 19 heavy (non-hydrogen) atoms. The zero-order chi connectivity index (χ0) is 13.8. The summed E-state index contributed by atoms with van der Waals surface area (Å²) in [6.45, 7) is 4.85. The molecule has 1 aliphatic rings. The van der Waals surface area contributed by atoms with Crippen LogP contribution in [0.1, 0.15) is 36.0 Å². The molecule has 1 aliphatic heterocycles. The predicted molar refractivity (Wildman–Crippen MR) is 74.6 cm³/mol. The summed E-state index contributed by atoms with van der Waals surface area (Å²) >= 11 is 0. The Balaban J connectivity index is 2.07. The highest BCUT2D eigenvalue weighted by Crippen LogP contribution is 2.18. The zero-order valence-corrected chi connectivity index (χ0v) is 11.6. The summed E-state index contributed by atoms with van der Waals surface area (Å²) in [5.41, 5.74) is 3.49. The molecule has 0 aromatic heterocycles. The van der Waals surface area contributed by atoms with Gasteiger partial charge in [-0.15, -0.1) is 0 Å². The molecule has 3 heteroatoms. The van der Waals surface area contributed by atoms with Crippen molar-refractivity contribution in [1.29, 1.82) is 5.26 Å². The second-order valence-corrected chi connectivity index (χ2v) is 5.32. The van der Waals surface area contributed by atoms with Crippen LogP contribution in [0.15, 0.2) is 18.2 Å². The number of carbonyl (C=O) groups excluding carboxylic acids is 1. The molecular weight excluding hydrogens is 236 g/mol. The van der Waals surface area contributed by atoms with Crippen molar-refractivity contribution in [3.63, 3.8) is 0 Å².